The highest BCUT2D eigenvalue weighted by Crippen LogP contribution is 2.27. The van der Waals surface area contributed by atoms with Crippen molar-refractivity contribution in [3.63, 3.8) is 0 Å². The fourth-order valence-corrected chi connectivity index (χ4v) is 4.00. The van der Waals surface area contributed by atoms with E-state index in [2.05, 4.69) is 5.32 Å². The molecule has 2 aromatic carbocycles. The van der Waals surface area contributed by atoms with Gasteiger partial charge in [-0.15, -0.1) is 0 Å². The molecular formula is C25H28ClN3O6. The summed E-state index contributed by atoms with van der Waals surface area (Å²) in [5.74, 6) is -0.992. The Morgan fingerprint density at radius 3 is 2.49 bits per heavy atom. The van der Waals surface area contributed by atoms with Crippen molar-refractivity contribution in [1.29, 1.82) is 0 Å². The maximum atomic E-state index is 13.1. The molecule has 1 heterocycles. The van der Waals surface area contributed by atoms with Crippen molar-refractivity contribution in [2.75, 3.05) is 21.2 Å². The quantitative estimate of drug-likeness (QED) is 0.558. The molecule has 0 saturated carbocycles. The molecule has 0 spiro atoms. The lowest BCUT2D eigenvalue weighted by Crippen LogP contribution is -2.51. The maximum absolute atomic E-state index is 13.1. The third kappa shape index (κ3) is 6.73. The summed E-state index contributed by atoms with van der Waals surface area (Å²) in [5.41, 5.74) is 1.54. The smallest absolute Gasteiger partial charge is 0.414 e. The first-order valence-corrected chi connectivity index (χ1v) is 11.5. The molecule has 2 aromatic rings. The zero-order valence-corrected chi connectivity index (χ0v) is 20.6. The van der Waals surface area contributed by atoms with Crippen molar-refractivity contribution < 1.29 is 28.7 Å². The lowest BCUT2D eigenvalue weighted by atomic mass is 10.0. The minimum Gasteiger partial charge on any atom is -0.467 e. The largest absolute Gasteiger partial charge is 0.467 e. The van der Waals surface area contributed by atoms with E-state index in [1.807, 2.05) is 30.3 Å². The third-order valence-electron chi connectivity index (χ3n) is 5.63. The van der Waals surface area contributed by atoms with E-state index in [9.17, 15) is 19.2 Å². The second-order valence-electron chi connectivity index (χ2n) is 8.38. The predicted octanol–water partition coefficient (Wildman–Crippen LogP) is 2.79. The molecule has 1 aliphatic rings. The zero-order valence-electron chi connectivity index (χ0n) is 19.8. The maximum Gasteiger partial charge on any atom is 0.414 e. The zero-order chi connectivity index (χ0) is 25.5. The third-order valence-corrected chi connectivity index (χ3v) is 5.92. The van der Waals surface area contributed by atoms with Gasteiger partial charge < -0.3 is 24.6 Å². The molecule has 0 radical (unpaired) electrons. The number of hydrogen-bond acceptors (Lipinski definition) is 6. The number of esters is 1. The van der Waals surface area contributed by atoms with Gasteiger partial charge in [0.15, 0.2) is 5.75 Å². The molecule has 2 atom stereocenters. The van der Waals surface area contributed by atoms with Crippen molar-refractivity contribution in [2.24, 2.45) is 0 Å². The Hall–Kier alpha value is -3.59. The van der Waals surface area contributed by atoms with E-state index in [1.54, 1.807) is 26.2 Å². The standard InChI is InChI=1S/C25H28ClN3O6/c1-28(2)25(33)35-21-11-9-17(13-18(21)26)14-19(24(32)34-3)27-23(31)20-10-12-22(30)29(20)15-16-7-5-4-6-8-16/h4-9,11,13,19-20H,10,12,14-15H2,1-3H3,(H,27,31)/t19-,20-/m0/s1. The lowest BCUT2D eigenvalue weighted by Gasteiger charge is -2.26. The van der Waals surface area contributed by atoms with Crippen LogP contribution in [0.1, 0.15) is 24.0 Å². The van der Waals surface area contributed by atoms with E-state index in [0.717, 1.165) is 5.56 Å². The Morgan fingerprint density at radius 2 is 1.86 bits per heavy atom. The summed E-state index contributed by atoms with van der Waals surface area (Å²) in [5, 5.41) is 2.92. The number of rotatable bonds is 8. The van der Waals surface area contributed by atoms with Gasteiger partial charge in [-0.3, -0.25) is 9.59 Å². The minimum absolute atomic E-state index is 0.0966. The lowest BCUT2D eigenvalue weighted by molar-refractivity contribution is -0.146. The molecule has 10 heteroatoms. The number of carbonyl (C=O) groups excluding carboxylic acids is 4. The molecule has 1 aliphatic heterocycles. The van der Waals surface area contributed by atoms with Crippen LogP contribution in [-0.4, -0.2) is 67.0 Å². The minimum atomic E-state index is -0.993. The van der Waals surface area contributed by atoms with Crippen molar-refractivity contribution in [3.05, 3.63) is 64.7 Å². The van der Waals surface area contributed by atoms with Gasteiger partial charge in [-0.25, -0.2) is 9.59 Å². The van der Waals surface area contributed by atoms with E-state index < -0.39 is 30.1 Å². The van der Waals surface area contributed by atoms with Crippen molar-refractivity contribution >= 4 is 35.5 Å². The molecule has 0 unspecified atom stereocenters. The second-order valence-corrected chi connectivity index (χ2v) is 8.78. The summed E-state index contributed by atoms with van der Waals surface area (Å²) < 4.78 is 10.1. The van der Waals surface area contributed by atoms with Crippen molar-refractivity contribution in [2.45, 2.75) is 37.9 Å². The number of carbonyl (C=O) groups is 4. The van der Waals surface area contributed by atoms with E-state index in [-0.39, 0.29) is 29.5 Å². The molecule has 1 N–H and O–H groups in total. The molecular weight excluding hydrogens is 474 g/mol. The summed E-state index contributed by atoms with van der Waals surface area (Å²) in [4.78, 5) is 52.6. The van der Waals surface area contributed by atoms with E-state index >= 15 is 0 Å². The van der Waals surface area contributed by atoms with Crippen LogP contribution in [0.15, 0.2) is 48.5 Å². The Balaban J connectivity index is 1.71. The van der Waals surface area contributed by atoms with Gasteiger partial charge in [0.2, 0.25) is 11.8 Å². The van der Waals surface area contributed by atoms with Gasteiger partial charge in [-0.2, -0.15) is 0 Å². The highest BCUT2D eigenvalue weighted by molar-refractivity contribution is 6.32. The summed E-state index contributed by atoms with van der Waals surface area (Å²) in [6.45, 7) is 0.309. The number of hydrogen-bond donors (Lipinski definition) is 1. The predicted molar refractivity (Wildman–Crippen MR) is 129 cm³/mol. The number of ether oxygens (including phenoxy) is 2. The Bertz CT molecular complexity index is 1090. The van der Waals surface area contributed by atoms with Gasteiger partial charge in [-0.05, 0) is 29.7 Å². The normalized spacial score (nSPS) is 15.9. The number of likely N-dealkylation sites (tertiary alicyclic amines) is 1. The number of benzene rings is 2. The second kappa shape index (κ2) is 11.7. The van der Waals surface area contributed by atoms with Crippen LogP contribution in [0, 0.1) is 0 Å². The average Bonchev–Trinajstić information content (AvgIpc) is 3.20. The summed E-state index contributed by atoms with van der Waals surface area (Å²) in [6.07, 6.45) is 0.143. The molecule has 3 rings (SSSR count). The number of methoxy groups -OCH3 is 1. The van der Waals surface area contributed by atoms with Crippen LogP contribution in [0.3, 0.4) is 0 Å². The highest BCUT2D eigenvalue weighted by Gasteiger charge is 2.37. The van der Waals surface area contributed by atoms with Crippen LogP contribution in [0.2, 0.25) is 5.02 Å². The molecule has 1 fully saturated rings. The van der Waals surface area contributed by atoms with Gasteiger partial charge in [0.05, 0.1) is 12.1 Å². The Kier molecular flexibility index (Phi) is 8.70. The fraction of sp³-hybridized carbons (Fsp3) is 0.360. The average molecular weight is 502 g/mol. The van der Waals surface area contributed by atoms with E-state index in [0.29, 0.717) is 18.5 Å². The van der Waals surface area contributed by atoms with Crippen molar-refractivity contribution in [1.82, 2.24) is 15.1 Å². The number of nitrogens with zero attached hydrogens (tertiary/aromatic N) is 2. The van der Waals surface area contributed by atoms with Crippen LogP contribution < -0.4 is 10.1 Å². The van der Waals surface area contributed by atoms with Crippen LogP contribution in [0.4, 0.5) is 4.79 Å². The number of nitrogens with one attached hydrogen (secondary N) is 1. The monoisotopic (exact) mass is 501 g/mol. The summed E-state index contributed by atoms with van der Waals surface area (Å²) >= 11 is 6.25. The van der Waals surface area contributed by atoms with Crippen LogP contribution in [0.5, 0.6) is 5.75 Å². The molecule has 186 valence electrons. The number of amides is 3. The molecule has 0 bridgehead atoms. The van der Waals surface area contributed by atoms with Crippen LogP contribution >= 0.6 is 11.6 Å². The SMILES string of the molecule is COC(=O)[C@H](Cc1ccc(OC(=O)N(C)C)c(Cl)c1)NC(=O)[C@@H]1CCC(=O)N1Cc1ccccc1. The Morgan fingerprint density at radius 1 is 1.14 bits per heavy atom. The first kappa shape index (κ1) is 26.0. The summed E-state index contributed by atoms with van der Waals surface area (Å²) in [7, 11) is 4.33. The first-order valence-electron chi connectivity index (χ1n) is 11.1. The number of halogens is 1. The Labute approximate surface area is 208 Å². The van der Waals surface area contributed by atoms with Gasteiger partial charge in [-0.1, -0.05) is 48.0 Å². The van der Waals surface area contributed by atoms with Gasteiger partial charge in [0.25, 0.3) is 0 Å². The first-order chi connectivity index (χ1) is 16.7. The topological polar surface area (TPSA) is 105 Å². The van der Waals surface area contributed by atoms with E-state index in [4.69, 9.17) is 21.1 Å². The molecule has 0 aliphatic carbocycles. The van der Waals surface area contributed by atoms with Gasteiger partial charge in [0.1, 0.15) is 12.1 Å². The van der Waals surface area contributed by atoms with Crippen LogP contribution in [-0.2, 0) is 32.1 Å². The molecule has 1 saturated heterocycles. The fourth-order valence-electron chi connectivity index (χ4n) is 3.76. The van der Waals surface area contributed by atoms with Gasteiger partial charge in [0, 0.05) is 33.5 Å². The van der Waals surface area contributed by atoms with E-state index in [1.165, 1.54) is 23.0 Å². The van der Waals surface area contributed by atoms with Gasteiger partial charge >= 0.3 is 12.1 Å². The molecule has 3 amide bonds. The summed E-state index contributed by atoms with van der Waals surface area (Å²) in [6, 6.07) is 12.4. The molecule has 35 heavy (non-hydrogen) atoms. The van der Waals surface area contributed by atoms with Crippen LogP contribution in [0.25, 0.3) is 0 Å². The molecule has 0 aromatic heterocycles. The van der Waals surface area contributed by atoms with Crippen molar-refractivity contribution in [3.8, 4) is 5.75 Å². The highest BCUT2D eigenvalue weighted by atomic mass is 35.5. The molecule has 9 nitrogen and oxygen atoms in total.